The number of unbranched alkanes of at least 4 members (excludes halogenated alkanes) is 3. The molecule has 0 saturated carbocycles. The monoisotopic (exact) mass is 286 g/mol. The molecule has 0 bridgehead atoms. The lowest BCUT2D eigenvalue weighted by Gasteiger charge is -2.06. The van der Waals surface area contributed by atoms with E-state index < -0.39 is 0 Å². The van der Waals surface area contributed by atoms with Gasteiger partial charge < -0.3 is 4.74 Å². The van der Waals surface area contributed by atoms with Crippen LogP contribution in [-0.4, -0.2) is 6.61 Å². The van der Waals surface area contributed by atoms with Crippen molar-refractivity contribution < 1.29 is 9.13 Å². The Morgan fingerprint density at radius 3 is 2.62 bits per heavy atom. The van der Waals surface area contributed by atoms with Gasteiger partial charge in [0.05, 0.1) is 6.61 Å². The summed E-state index contributed by atoms with van der Waals surface area (Å²) in [6.45, 7) is 3.02. The van der Waals surface area contributed by atoms with E-state index in [1.165, 1.54) is 25.0 Å². The van der Waals surface area contributed by atoms with Gasteiger partial charge in [0.1, 0.15) is 23.5 Å². The van der Waals surface area contributed by atoms with Gasteiger partial charge in [0.2, 0.25) is 0 Å². The third kappa shape index (κ3) is 6.21. The van der Waals surface area contributed by atoms with Crippen molar-refractivity contribution >= 4 is 6.08 Å². The van der Waals surface area contributed by atoms with E-state index in [-0.39, 0.29) is 18.0 Å². The van der Waals surface area contributed by atoms with Gasteiger partial charge in [-0.2, -0.15) is 10.5 Å². The van der Waals surface area contributed by atoms with E-state index in [0.29, 0.717) is 17.7 Å². The van der Waals surface area contributed by atoms with Crippen molar-refractivity contribution in [3.05, 3.63) is 40.7 Å². The number of halogens is 1. The molecule has 0 radical (unpaired) electrons. The molecule has 0 atom stereocenters. The summed E-state index contributed by atoms with van der Waals surface area (Å²) >= 11 is 0. The van der Waals surface area contributed by atoms with Crippen molar-refractivity contribution in [2.24, 2.45) is 0 Å². The van der Waals surface area contributed by atoms with E-state index in [4.69, 9.17) is 15.3 Å². The SMILES string of the molecule is CCCCCCOCc1ccc(C=C(C#N)C#N)cc1F. The number of nitrogens with zero attached hydrogens (tertiary/aromatic N) is 2. The molecule has 1 aromatic rings. The minimum absolute atomic E-state index is 0.0469. The lowest BCUT2D eigenvalue weighted by atomic mass is 10.1. The summed E-state index contributed by atoms with van der Waals surface area (Å²) in [7, 11) is 0. The van der Waals surface area contributed by atoms with E-state index in [1.807, 2.05) is 0 Å². The average Bonchev–Trinajstić information content (AvgIpc) is 2.50. The first kappa shape index (κ1) is 16.9. The predicted octanol–water partition coefficient (Wildman–Crippen LogP) is 4.35. The molecule has 0 N–H and O–H groups in total. The number of rotatable bonds is 8. The Hall–Kier alpha value is -2.17. The van der Waals surface area contributed by atoms with Crippen LogP contribution >= 0.6 is 0 Å². The lowest BCUT2D eigenvalue weighted by molar-refractivity contribution is 0.114. The minimum atomic E-state index is -0.382. The topological polar surface area (TPSA) is 56.8 Å². The van der Waals surface area contributed by atoms with Crippen LogP contribution in [-0.2, 0) is 11.3 Å². The molecule has 0 aromatic heterocycles. The Labute approximate surface area is 125 Å². The van der Waals surface area contributed by atoms with Gasteiger partial charge >= 0.3 is 0 Å². The summed E-state index contributed by atoms with van der Waals surface area (Å²) in [5, 5.41) is 17.3. The fourth-order valence-electron chi connectivity index (χ4n) is 1.84. The molecule has 0 unspecified atom stereocenters. The van der Waals surface area contributed by atoms with Crippen LogP contribution < -0.4 is 0 Å². The van der Waals surface area contributed by atoms with E-state index >= 15 is 0 Å². The standard InChI is InChI=1S/C17H19FN2O/c1-2-3-4-5-8-21-13-16-7-6-14(10-17(16)18)9-15(11-19)12-20/h6-7,9-10H,2-5,8,13H2,1H3. The van der Waals surface area contributed by atoms with Gasteiger partial charge in [-0.3, -0.25) is 0 Å². The molecule has 0 aliphatic rings. The first-order valence-electron chi connectivity index (χ1n) is 7.09. The Morgan fingerprint density at radius 1 is 1.24 bits per heavy atom. The molecule has 0 aliphatic heterocycles. The maximum absolute atomic E-state index is 13.9. The number of nitriles is 2. The van der Waals surface area contributed by atoms with Crippen LogP contribution in [0.25, 0.3) is 6.08 Å². The molecule has 0 fully saturated rings. The molecule has 110 valence electrons. The van der Waals surface area contributed by atoms with Crippen molar-refractivity contribution in [3.8, 4) is 12.1 Å². The third-order valence-electron chi connectivity index (χ3n) is 3.03. The summed E-state index contributed by atoms with van der Waals surface area (Å²) in [5.41, 5.74) is 0.935. The van der Waals surface area contributed by atoms with Gasteiger partial charge in [-0.05, 0) is 24.1 Å². The largest absolute Gasteiger partial charge is 0.377 e. The highest BCUT2D eigenvalue weighted by molar-refractivity contribution is 5.62. The van der Waals surface area contributed by atoms with Gasteiger partial charge in [-0.15, -0.1) is 0 Å². The molecule has 0 spiro atoms. The molecular formula is C17H19FN2O. The molecular weight excluding hydrogens is 267 g/mol. The molecule has 0 heterocycles. The molecule has 4 heteroatoms. The highest BCUT2D eigenvalue weighted by Gasteiger charge is 2.04. The van der Waals surface area contributed by atoms with Crippen LogP contribution in [0, 0.1) is 28.5 Å². The molecule has 0 saturated heterocycles. The zero-order valence-corrected chi connectivity index (χ0v) is 12.2. The number of allylic oxidation sites excluding steroid dienone is 1. The Balaban J connectivity index is 2.54. The highest BCUT2D eigenvalue weighted by Crippen LogP contribution is 2.14. The van der Waals surface area contributed by atoms with E-state index in [2.05, 4.69) is 6.92 Å². The minimum Gasteiger partial charge on any atom is -0.377 e. The number of hydrogen-bond donors (Lipinski definition) is 0. The number of hydrogen-bond acceptors (Lipinski definition) is 3. The maximum atomic E-state index is 13.9. The first-order valence-corrected chi connectivity index (χ1v) is 7.09. The maximum Gasteiger partial charge on any atom is 0.130 e. The van der Waals surface area contributed by atoms with Crippen LogP contribution in [0.4, 0.5) is 4.39 Å². The van der Waals surface area contributed by atoms with Crippen LogP contribution in [0.1, 0.15) is 43.7 Å². The molecule has 3 nitrogen and oxygen atoms in total. The molecule has 0 aliphatic carbocycles. The van der Waals surface area contributed by atoms with E-state index in [1.54, 1.807) is 24.3 Å². The van der Waals surface area contributed by atoms with Crippen molar-refractivity contribution in [3.63, 3.8) is 0 Å². The first-order chi connectivity index (χ1) is 10.2. The second-order valence-electron chi connectivity index (χ2n) is 4.75. The summed E-state index contributed by atoms with van der Waals surface area (Å²) in [6, 6.07) is 8.10. The van der Waals surface area contributed by atoms with E-state index in [0.717, 1.165) is 12.8 Å². The van der Waals surface area contributed by atoms with Crippen molar-refractivity contribution in [2.45, 2.75) is 39.2 Å². The Kier molecular flexibility index (Phi) is 7.79. The van der Waals surface area contributed by atoms with Crippen LogP contribution in [0.5, 0.6) is 0 Å². The second-order valence-corrected chi connectivity index (χ2v) is 4.75. The highest BCUT2D eigenvalue weighted by atomic mass is 19.1. The average molecular weight is 286 g/mol. The molecule has 21 heavy (non-hydrogen) atoms. The summed E-state index contributed by atoms with van der Waals surface area (Å²) in [5.74, 6) is -0.382. The van der Waals surface area contributed by atoms with E-state index in [9.17, 15) is 4.39 Å². The van der Waals surface area contributed by atoms with Crippen molar-refractivity contribution in [2.75, 3.05) is 6.61 Å². The fraction of sp³-hybridized carbons (Fsp3) is 0.412. The fourth-order valence-corrected chi connectivity index (χ4v) is 1.84. The predicted molar refractivity (Wildman–Crippen MR) is 79.4 cm³/mol. The summed E-state index contributed by atoms with van der Waals surface area (Å²) in [4.78, 5) is 0. The molecule has 0 amide bonds. The van der Waals surface area contributed by atoms with Crippen LogP contribution in [0.3, 0.4) is 0 Å². The smallest absolute Gasteiger partial charge is 0.130 e. The van der Waals surface area contributed by atoms with Crippen LogP contribution in [0.2, 0.25) is 0 Å². The third-order valence-corrected chi connectivity index (χ3v) is 3.03. The quantitative estimate of drug-likeness (QED) is 0.527. The van der Waals surface area contributed by atoms with Gasteiger partial charge in [0.25, 0.3) is 0 Å². The normalized spacial score (nSPS) is 9.71. The number of ether oxygens (including phenoxy) is 1. The van der Waals surface area contributed by atoms with Gasteiger partial charge in [0, 0.05) is 12.2 Å². The Morgan fingerprint density at radius 2 is 2.00 bits per heavy atom. The lowest BCUT2D eigenvalue weighted by Crippen LogP contribution is -1.98. The number of benzene rings is 1. The van der Waals surface area contributed by atoms with Gasteiger partial charge in [-0.1, -0.05) is 38.3 Å². The van der Waals surface area contributed by atoms with Crippen molar-refractivity contribution in [1.29, 1.82) is 10.5 Å². The van der Waals surface area contributed by atoms with Crippen molar-refractivity contribution in [1.82, 2.24) is 0 Å². The Bertz CT molecular complexity index is 551. The zero-order chi connectivity index (χ0) is 15.5. The van der Waals surface area contributed by atoms with Gasteiger partial charge in [0.15, 0.2) is 0 Å². The summed E-state index contributed by atoms with van der Waals surface area (Å²) in [6.07, 6.45) is 5.85. The van der Waals surface area contributed by atoms with Crippen LogP contribution in [0.15, 0.2) is 23.8 Å². The summed E-state index contributed by atoms with van der Waals surface area (Å²) < 4.78 is 19.3. The molecule has 1 aromatic carbocycles. The second kappa shape index (κ2) is 9.69. The zero-order valence-electron chi connectivity index (χ0n) is 12.2. The van der Waals surface area contributed by atoms with Gasteiger partial charge in [-0.25, -0.2) is 4.39 Å². The molecule has 1 rings (SSSR count).